The maximum atomic E-state index is 12.7. The Morgan fingerprint density at radius 3 is 1.97 bits per heavy atom. The van der Waals surface area contributed by atoms with Crippen LogP contribution in [0.1, 0.15) is 37.4 Å². The predicted molar refractivity (Wildman–Crippen MR) is 116 cm³/mol. The second-order valence-electron chi connectivity index (χ2n) is 7.07. The first-order valence-electron chi connectivity index (χ1n) is 9.31. The van der Waals surface area contributed by atoms with Crippen molar-refractivity contribution in [3.05, 3.63) is 88.5 Å². The molecule has 2 N–H and O–H groups in total. The highest BCUT2D eigenvalue weighted by atomic mass is 16.5. The maximum Gasteiger partial charge on any atom is 0.255 e. The molecule has 3 rings (SSSR count). The Hall–Kier alpha value is -3.60. The lowest BCUT2D eigenvalue weighted by molar-refractivity contribution is 0.102. The molecule has 3 aromatic carbocycles. The summed E-state index contributed by atoms with van der Waals surface area (Å²) in [5.41, 5.74) is 5.26. The Kier molecular flexibility index (Phi) is 5.98. The number of rotatable bonds is 5. The fourth-order valence-corrected chi connectivity index (χ4v) is 3.17. The number of amides is 2. The number of hydrogen-bond donors (Lipinski definition) is 2. The Morgan fingerprint density at radius 1 is 0.724 bits per heavy atom. The van der Waals surface area contributed by atoms with Crippen LogP contribution < -0.4 is 15.4 Å². The van der Waals surface area contributed by atoms with E-state index in [1.165, 1.54) is 0 Å². The van der Waals surface area contributed by atoms with E-state index in [4.69, 9.17) is 4.74 Å². The van der Waals surface area contributed by atoms with Crippen LogP contribution in [0.2, 0.25) is 0 Å². The fraction of sp³-hybridized carbons (Fsp3) is 0.167. The zero-order valence-electron chi connectivity index (χ0n) is 17.0. The molecule has 0 aliphatic rings. The Bertz CT molecular complexity index is 1050. The van der Waals surface area contributed by atoms with Crippen molar-refractivity contribution in [2.45, 2.75) is 20.8 Å². The molecule has 0 saturated heterocycles. The van der Waals surface area contributed by atoms with Gasteiger partial charge in [0.15, 0.2) is 0 Å². The minimum Gasteiger partial charge on any atom is -0.495 e. The molecule has 0 aliphatic heterocycles. The summed E-state index contributed by atoms with van der Waals surface area (Å²) < 4.78 is 5.31. The van der Waals surface area contributed by atoms with E-state index in [1.54, 1.807) is 37.4 Å². The summed E-state index contributed by atoms with van der Waals surface area (Å²) in [7, 11) is 1.55. The van der Waals surface area contributed by atoms with Gasteiger partial charge in [-0.25, -0.2) is 0 Å². The first-order valence-corrected chi connectivity index (χ1v) is 9.31. The van der Waals surface area contributed by atoms with Crippen LogP contribution in [0.5, 0.6) is 5.75 Å². The van der Waals surface area contributed by atoms with Gasteiger partial charge in [0.1, 0.15) is 5.75 Å². The molecule has 148 valence electrons. The van der Waals surface area contributed by atoms with Gasteiger partial charge in [-0.1, -0.05) is 18.2 Å². The number of carbonyl (C=O) groups is 2. The number of aryl methyl sites for hydroxylation is 3. The predicted octanol–water partition coefficient (Wildman–Crippen LogP) is 5.13. The van der Waals surface area contributed by atoms with Gasteiger partial charge in [0.2, 0.25) is 0 Å². The molecule has 2 amide bonds. The number of ether oxygens (including phenoxy) is 1. The number of anilines is 2. The van der Waals surface area contributed by atoms with Gasteiger partial charge in [-0.15, -0.1) is 0 Å². The minimum atomic E-state index is -0.310. The maximum absolute atomic E-state index is 12.7. The van der Waals surface area contributed by atoms with E-state index in [-0.39, 0.29) is 11.8 Å². The van der Waals surface area contributed by atoms with E-state index < -0.39 is 0 Å². The largest absolute Gasteiger partial charge is 0.495 e. The number of hydrogen-bond acceptors (Lipinski definition) is 3. The molecule has 0 bridgehead atoms. The molecule has 0 saturated carbocycles. The molecule has 0 unspecified atom stereocenters. The zero-order chi connectivity index (χ0) is 21.0. The van der Waals surface area contributed by atoms with Crippen molar-refractivity contribution in [2.75, 3.05) is 17.7 Å². The standard InChI is InChI=1S/C24H24N2O3/c1-15-8-9-22(29-4)21(13-15)26-24(28)19-7-5-6-18(14-19)23(27)25-20-11-16(2)10-17(3)12-20/h5-14H,1-4H3,(H,25,27)(H,26,28). The van der Waals surface area contributed by atoms with E-state index in [0.29, 0.717) is 22.6 Å². The minimum absolute atomic E-state index is 0.266. The number of nitrogens with one attached hydrogen (secondary N) is 2. The molecule has 0 aromatic heterocycles. The quantitative estimate of drug-likeness (QED) is 0.637. The fourth-order valence-electron chi connectivity index (χ4n) is 3.17. The Labute approximate surface area is 170 Å². The highest BCUT2D eigenvalue weighted by molar-refractivity contribution is 6.09. The molecular formula is C24H24N2O3. The van der Waals surface area contributed by atoms with Gasteiger partial charge >= 0.3 is 0 Å². The van der Waals surface area contributed by atoms with E-state index in [9.17, 15) is 9.59 Å². The first-order chi connectivity index (χ1) is 13.9. The summed E-state index contributed by atoms with van der Waals surface area (Å²) in [6.45, 7) is 5.90. The third-order valence-corrected chi connectivity index (χ3v) is 4.47. The van der Waals surface area contributed by atoms with Crippen LogP contribution in [0, 0.1) is 20.8 Å². The highest BCUT2D eigenvalue weighted by Crippen LogP contribution is 2.26. The zero-order valence-corrected chi connectivity index (χ0v) is 17.0. The molecule has 5 nitrogen and oxygen atoms in total. The molecule has 5 heteroatoms. The van der Waals surface area contributed by atoms with Crippen LogP contribution in [0.15, 0.2) is 60.7 Å². The van der Waals surface area contributed by atoms with Gasteiger partial charge in [-0.2, -0.15) is 0 Å². The number of benzene rings is 3. The van der Waals surface area contributed by atoms with Crippen LogP contribution in [-0.4, -0.2) is 18.9 Å². The van der Waals surface area contributed by atoms with E-state index >= 15 is 0 Å². The summed E-state index contributed by atoms with van der Waals surface area (Å²) in [6.07, 6.45) is 0. The van der Waals surface area contributed by atoms with Gasteiger partial charge in [0.25, 0.3) is 11.8 Å². The van der Waals surface area contributed by atoms with Crippen molar-refractivity contribution in [2.24, 2.45) is 0 Å². The van der Waals surface area contributed by atoms with Crippen LogP contribution >= 0.6 is 0 Å². The molecule has 0 heterocycles. The Balaban J connectivity index is 1.79. The van der Waals surface area contributed by atoms with Gasteiger partial charge in [0, 0.05) is 16.8 Å². The number of methoxy groups -OCH3 is 1. The molecule has 0 spiro atoms. The van der Waals surface area contributed by atoms with Gasteiger partial charge in [-0.3, -0.25) is 9.59 Å². The molecule has 0 aliphatic carbocycles. The molecule has 0 atom stereocenters. The van der Waals surface area contributed by atoms with Crippen molar-refractivity contribution < 1.29 is 14.3 Å². The first kappa shape index (κ1) is 20.1. The van der Waals surface area contributed by atoms with Crippen molar-refractivity contribution in [3.8, 4) is 5.75 Å². The van der Waals surface area contributed by atoms with Crippen LogP contribution in [0.3, 0.4) is 0 Å². The molecule has 3 aromatic rings. The lowest BCUT2D eigenvalue weighted by Crippen LogP contribution is -2.16. The lowest BCUT2D eigenvalue weighted by Gasteiger charge is -2.12. The van der Waals surface area contributed by atoms with Gasteiger partial charge in [0.05, 0.1) is 12.8 Å². The normalized spacial score (nSPS) is 10.3. The van der Waals surface area contributed by atoms with E-state index in [2.05, 4.69) is 10.6 Å². The second-order valence-corrected chi connectivity index (χ2v) is 7.07. The van der Waals surface area contributed by atoms with Gasteiger partial charge < -0.3 is 15.4 Å². The van der Waals surface area contributed by atoms with Crippen LogP contribution in [0.25, 0.3) is 0 Å². The lowest BCUT2D eigenvalue weighted by atomic mass is 10.1. The second kappa shape index (κ2) is 8.61. The van der Waals surface area contributed by atoms with Crippen LogP contribution in [0.4, 0.5) is 11.4 Å². The summed E-state index contributed by atoms with van der Waals surface area (Å²) in [6, 6.07) is 18.0. The van der Waals surface area contributed by atoms with E-state index in [1.807, 2.05) is 51.1 Å². The van der Waals surface area contributed by atoms with E-state index in [0.717, 1.165) is 22.4 Å². The molecule has 29 heavy (non-hydrogen) atoms. The van der Waals surface area contributed by atoms with Crippen molar-refractivity contribution in [1.29, 1.82) is 0 Å². The van der Waals surface area contributed by atoms with Crippen molar-refractivity contribution in [3.63, 3.8) is 0 Å². The molecule has 0 fully saturated rings. The average molecular weight is 388 g/mol. The monoisotopic (exact) mass is 388 g/mol. The smallest absolute Gasteiger partial charge is 0.255 e. The molecular weight excluding hydrogens is 364 g/mol. The summed E-state index contributed by atoms with van der Waals surface area (Å²) in [5, 5.41) is 5.74. The topological polar surface area (TPSA) is 67.4 Å². The summed E-state index contributed by atoms with van der Waals surface area (Å²) in [5.74, 6) is 0.000371. The summed E-state index contributed by atoms with van der Waals surface area (Å²) in [4.78, 5) is 25.4. The SMILES string of the molecule is COc1ccc(C)cc1NC(=O)c1cccc(C(=O)Nc2cc(C)cc(C)c2)c1. The van der Waals surface area contributed by atoms with Crippen LogP contribution in [-0.2, 0) is 0 Å². The third kappa shape index (κ3) is 5.02. The average Bonchev–Trinajstić information content (AvgIpc) is 2.67. The third-order valence-electron chi connectivity index (χ3n) is 4.47. The highest BCUT2D eigenvalue weighted by Gasteiger charge is 2.13. The number of carbonyl (C=O) groups excluding carboxylic acids is 2. The van der Waals surface area contributed by atoms with Crippen molar-refractivity contribution in [1.82, 2.24) is 0 Å². The van der Waals surface area contributed by atoms with Gasteiger partial charge in [-0.05, 0) is 79.9 Å². The Morgan fingerprint density at radius 2 is 1.34 bits per heavy atom. The summed E-state index contributed by atoms with van der Waals surface area (Å²) >= 11 is 0. The van der Waals surface area contributed by atoms with Crippen molar-refractivity contribution >= 4 is 23.2 Å². The molecule has 0 radical (unpaired) electrons.